The van der Waals surface area contributed by atoms with Gasteiger partial charge >= 0.3 is 0 Å². The Morgan fingerprint density at radius 1 is 1.19 bits per heavy atom. The predicted molar refractivity (Wildman–Crippen MR) is 82.8 cm³/mol. The number of amides is 1. The van der Waals surface area contributed by atoms with Crippen molar-refractivity contribution >= 4 is 27.3 Å². The molecular formula is C14H16N2O3S2. The Labute approximate surface area is 128 Å². The summed E-state index contributed by atoms with van der Waals surface area (Å²) in [5, 5.41) is 4.74. The topological polar surface area (TPSA) is 75.3 Å². The second-order valence-corrected chi connectivity index (χ2v) is 7.09. The van der Waals surface area contributed by atoms with E-state index in [1.54, 1.807) is 18.3 Å². The van der Waals surface area contributed by atoms with Crippen LogP contribution in [-0.4, -0.2) is 20.9 Å². The summed E-state index contributed by atoms with van der Waals surface area (Å²) in [5.41, 5.74) is 0.432. The molecule has 0 saturated carbocycles. The van der Waals surface area contributed by atoms with Crippen LogP contribution in [0.2, 0.25) is 0 Å². The molecule has 0 saturated heterocycles. The molecule has 0 atom stereocenters. The fourth-order valence-corrected chi connectivity index (χ4v) is 3.43. The highest BCUT2D eigenvalue weighted by atomic mass is 32.2. The number of hydrogen-bond donors (Lipinski definition) is 2. The van der Waals surface area contributed by atoms with E-state index in [-0.39, 0.29) is 10.8 Å². The molecular weight excluding hydrogens is 308 g/mol. The van der Waals surface area contributed by atoms with Crippen molar-refractivity contribution in [1.82, 2.24) is 10.0 Å². The minimum absolute atomic E-state index is 0.152. The maximum absolute atomic E-state index is 12.0. The molecule has 5 nitrogen and oxygen atoms in total. The zero-order valence-corrected chi connectivity index (χ0v) is 13.1. The van der Waals surface area contributed by atoms with Crippen LogP contribution in [0.3, 0.4) is 0 Å². The van der Waals surface area contributed by atoms with E-state index in [0.29, 0.717) is 18.7 Å². The highest BCUT2D eigenvalue weighted by Crippen LogP contribution is 2.11. The van der Waals surface area contributed by atoms with Gasteiger partial charge in [-0.2, -0.15) is 0 Å². The number of thiophene rings is 1. The summed E-state index contributed by atoms with van der Waals surface area (Å²) in [7, 11) is -3.48. The second kappa shape index (κ2) is 6.84. The molecule has 2 N–H and O–H groups in total. The van der Waals surface area contributed by atoms with Crippen LogP contribution in [0.1, 0.15) is 22.2 Å². The van der Waals surface area contributed by atoms with Crippen molar-refractivity contribution in [3.05, 3.63) is 52.2 Å². The molecule has 2 rings (SSSR count). The number of carbonyl (C=O) groups is 1. The third-order valence-electron chi connectivity index (χ3n) is 2.76. The van der Waals surface area contributed by atoms with Gasteiger partial charge in [0, 0.05) is 17.0 Å². The molecule has 0 aliphatic rings. The lowest BCUT2D eigenvalue weighted by molar-refractivity contribution is 0.0951. The molecule has 21 heavy (non-hydrogen) atoms. The average Bonchev–Trinajstić information content (AvgIpc) is 2.98. The van der Waals surface area contributed by atoms with Crippen molar-refractivity contribution in [2.75, 3.05) is 6.54 Å². The summed E-state index contributed by atoms with van der Waals surface area (Å²) < 4.78 is 26.0. The first kappa shape index (κ1) is 15.7. The molecule has 0 aliphatic carbocycles. The van der Waals surface area contributed by atoms with Crippen molar-refractivity contribution in [3.63, 3.8) is 0 Å². The zero-order valence-electron chi connectivity index (χ0n) is 11.5. The molecule has 112 valence electrons. The Bertz CT molecular complexity index is 692. The lowest BCUT2D eigenvalue weighted by Crippen LogP contribution is -2.24. The van der Waals surface area contributed by atoms with Crippen molar-refractivity contribution in [1.29, 1.82) is 0 Å². The lowest BCUT2D eigenvalue weighted by atomic mass is 10.2. The van der Waals surface area contributed by atoms with Crippen LogP contribution in [0.25, 0.3) is 0 Å². The highest BCUT2D eigenvalue weighted by Gasteiger charge is 2.13. The van der Waals surface area contributed by atoms with Crippen molar-refractivity contribution < 1.29 is 13.2 Å². The molecule has 7 heteroatoms. The van der Waals surface area contributed by atoms with Gasteiger partial charge in [-0.15, -0.1) is 11.3 Å². The summed E-state index contributed by atoms with van der Waals surface area (Å²) in [5.74, 6) is -0.226. The van der Waals surface area contributed by atoms with E-state index in [9.17, 15) is 13.2 Å². The van der Waals surface area contributed by atoms with Crippen LogP contribution in [-0.2, 0) is 16.6 Å². The standard InChI is InChI=1S/C14H16N2O3S2/c1-2-16-21(18,19)13-7-5-11(6-8-13)14(17)15-10-12-4-3-9-20-12/h3-9,16H,2,10H2,1H3,(H,15,17). The summed E-state index contributed by atoms with van der Waals surface area (Å²) in [4.78, 5) is 13.2. The molecule has 1 heterocycles. The van der Waals surface area contributed by atoms with E-state index in [1.807, 2.05) is 17.5 Å². The first-order valence-corrected chi connectivity index (χ1v) is 8.79. The summed E-state index contributed by atoms with van der Waals surface area (Å²) in [6.07, 6.45) is 0. The largest absolute Gasteiger partial charge is 0.347 e. The monoisotopic (exact) mass is 324 g/mol. The van der Waals surface area contributed by atoms with Crippen LogP contribution < -0.4 is 10.0 Å². The van der Waals surface area contributed by atoms with Crippen molar-refractivity contribution in [3.8, 4) is 0 Å². The molecule has 1 aromatic heterocycles. The SMILES string of the molecule is CCNS(=O)(=O)c1ccc(C(=O)NCc2cccs2)cc1. The van der Waals surface area contributed by atoms with Crippen LogP contribution in [0.15, 0.2) is 46.7 Å². The smallest absolute Gasteiger partial charge is 0.251 e. The van der Waals surface area contributed by atoms with Gasteiger partial charge in [-0.05, 0) is 35.7 Å². The fraction of sp³-hybridized carbons (Fsp3) is 0.214. The summed E-state index contributed by atoms with van der Waals surface area (Å²) >= 11 is 1.57. The van der Waals surface area contributed by atoms with E-state index < -0.39 is 10.0 Å². The molecule has 0 radical (unpaired) electrons. The van der Waals surface area contributed by atoms with Crippen molar-refractivity contribution in [2.45, 2.75) is 18.4 Å². The predicted octanol–water partition coefficient (Wildman–Crippen LogP) is 1.98. The average molecular weight is 324 g/mol. The first-order valence-electron chi connectivity index (χ1n) is 6.43. The number of carbonyl (C=O) groups excluding carboxylic acids is 1. The first-order chi connectivity index (χ1) is 10.0. The van der Waals surface area contributed by atoms with E-state index in [2.05, 4.69) is 10.0 Å². The summed E-state index contributed by atoms with van der Waals surface area (Å²) in [6, 6.07) is 9.74. The van der Waals surface area contributed by atoms with Gasteiger partial charge in [-0.1, -0.05) is 13.0 Å². The maximum Gasteiger partial charge on any atom is 0.251 e. The quantitative estimate of drug-likeness (QED) is 0.853. The minimum Gasteiger partial charge on any atom is -0.347 e. The number of nitrogens with one attached hydrogen (secondary N) is 2. The van der Waals surface area contributed by atoms with Crippen molar-refractivity contribution in [2.24, 2.45) is 0 Å². The third kappa shape index (κ3) is 4.13. The van der Waals surface area contributed by atoms with Gasteiger partial charge in [0.2, 0.25) is 10.0 Å². The van der Waals surface area contributed by atoms with Gasteiger partial charge in [-0.3, -0.25) is 4.79 Å². The second-order valence-electron chi connectivity index (χ2n) is 4.29. The molecule has 1 aromatic carbocycles. The molecule has 1 amide bonds. The van der Waals surface area contributed by atoms with Gasteiger partial charge in [0.15, 0.2) is 0 Å². The maximum atomic E-state index is 12.0. The Hall–Kier alpha value is -1.70. The van der Waals surface area contributed by atoms with Crippen LogP contribution in [0, 0.1) is 0 Å². The minimum atomic E-state index is -3.48. The van der Waals surface area contributed by atoms with E-state index >= 15 is 0 Å². The Morgan fingerprint density at radius 3 is 2.48 bits per heavy atom. The lowest BCUT2D eigenvalue weighted by Gasteiger charge is -2.06. The molecule has 2 aromatic rings. The molecule has 0 aliphatic heterocycles. The molecule has 0 spiro atoms. The van der Waals surface area contributed by atoms with E-state index in [4.69, 9.17) is 0 Å². The van der Waals surface area contributed by atoms with Gasteiger partial charge in [0.05, 0.1) is 11.4 Å². The van der Waals surface area contributed by atoms with Crippen LogP contribution in [0.4, 0.5) is 0 Å². The number of rotatable bonds is 6. The molecule has 0 bridgehead atoms. The number of sulfonamides is 1. The van der Waals surface area contributed by atoms with Gasteiger partial charge in [0.25, 0.3) is 5.91 Å². The number of benzene rings is 1. The zero-order chi connectivity index (χ0) is 15.3. The Balaban J connectivity index is 2.03. The van der Waals surface area contributed by atoms with Crippen LogP contribution >= 0.6 is 11.3 Å². The molecule has 0 fully saturated rings. The van der Waals surface area contributed by atoms with E-state index in [1.165, 1.54) is 24.3 Å². The Kier molecular flexibility index (Phi) is 5.11. The number of hydrogen-bond acceptors (Lipinski definition) is 4. The highest BCUT2D eigenvalue weighted by molar-refractivity contribution is 7.89. The van der Waals surface area contributed by atoms with Gasteiger partial charge < -0.3 is 5.32 Å². The third-order valence-corrected chi connectivity index (χ3v) is 5.20. The van der Waals surface area contributed by atoms with E-state index in [0.717, 1.165) is 4.88 Å². The normalized spacial score (nSPS) is 11.3. The van der Waals surface area contributed by atoms with Gasteiger partial charge in [0.1, 0.15) is 0 Å². The fourth-order valence-electron chi connectivity index (χ4n) is 1.74. The molecule has 0 unspecified atom stereocenters. The van der Waals surface area contributed by atoms with Crippen LogP contribution in [0.5, 0.6) is 0 Å². The Morgan fingerprint density at radius 2 is 1.90 bits per heavy atom. The summed E-state index contributed by atoms with van der Waals surface area (Å²) in [6.45, 7) is 2.50. The van der Waals surface area contributed by atoms with Gasteiger partial charge in [-0.25, -0.2) is 13.1 Å².